The van der Waals surface area contributed by atoms with Crippen molar-refractivity contribution >= 4 is 22.3 Å². The Balaban J connectivity index is 1.96. The van der Waals surface area contributed by atoms with Crippen LogP contribution in [0.2, 0.25) is 0 Å². The number of nitrogen functional groups attached to an aromatic ring is 1. The zero-order valence-corrected chi connectivity index (χ0v) is 9.98. The molecule has 1 saturated carbocycles. The number of hydrogen-bond donors (Lipinski definition) is 2. The van der Waals surface area contributed by atoms with Crippen LogP contribution in [-0.2, 0) is 0 Å². The minimum absolute atomic E-state index is 0.506. The van der Waals surface area contributed by atoms with Gasteiger partial charge in [-0.05, 0) is 49.9 Å². The molecule has 1 aromatic carbocycles. The van der Waals surface area contributed by atoms with E-state index >= 15 is 0 Å². The Morgan fingerprint density at radius 1 is 1.35 bits per heavy atom. The maximum absolute atomic E-state index is 6.19. The Kier molecular flexibility index (Phi) is 2.39. The highest BCUT2D eigenvalue weighted by atomic mass is 14.9. The quantitative estimate of drug-likeness (QED) is 0.792. The number of aromatic nitrogens is 1. The van der Waals surface area contributed by atoms with Crippen LogP contribution >= 0.6 is 0 Å². The highest BCUT2D eigenvalue weighted by Crippen LogP contribution is 2.35. The maximum Gasteiger partial charge on any atom is 0.0724 e. The lowest BCUT2D eigenvalue weighted by Crippen LogP contribution is -2.18. The number of anilines is 2. The predicted octanol–water partition coefficient (Wildman–Crippen LogP) is 3.03. The highest BCUT2D eigenvalue weighted by molar-refractivity contribution is 5.96. The molecule has 0 spiro atoms. The van der Waals surface area contributed by atoms with Gasteiger partial charge in [0.2, 0.25) is 0 Å². The zero-order valence-electron chi connectivity index (χ0n) is 9.98. The molecule has 1 atom stereocenters. The summed E-state index contributed by atoms with van der Waals surface area (Å²) in [6.45, 7) is 2.23. The number of fused-ring (bicyclic) bond motifs is 1. The van der Waals surface area contributed by atoms with Gasteiger partial charge in [-0.3, -0.25) is 4.98 Å². The average Bonchev–Trinajstić information content (AvgIpc) is 3.17. The molecule has 1 heterocycles. The van der Waals surface area contributed by atoms with Gasteiger partial charge in [0.15, 0.2) is 0 Å². The van der Waals surface area contributed by atoms with Gasteiger partial charge in [0.05, 0.1) is 16.9 Å². The third-order valence-corrected chi connectivity index (χ3v) is 3.54. The third-order valence-electron chi connectivity index (χ3n) is 3.54. The first kappa shape index (κ1) is 10.4. The molecular formula is C14H17N3. The molecule has 3 nitrogen and oxygen atoms in total. The van der Waals surface area contributed by atoms with E-state index in [1.165, 1.54) is 12.8 Å². The summed E-state index contributed by atoms with van der Waals surface area (Å²) in [4.78, 5) is 4.30. The van der Waals surface area contributed by atoms with Crippen LogP contribution < -0.4 is 11.1 Å². The van der Waals surface area contributed by atoms with Gasteiger partial charge in [0, 0.05) is 17.6 Å². The second-order valence-electron chi connectivity index (χ2n) is 4.87. The number of hydrogen-bond acceptors (Lipinski definition) is 3. The lowest BCUT2D eigenvalue weighted by atomic mass is 10.1. The van der Waals surface area contributed by atoms with Crippen molar-refractivity contribution in [2.24, 2.45) is 5.92 Å². The number of rotatable bonds is 3. The molecule has 1 aliphatic rings. The van der Waals surface area contributed by atoms with Crippen LogP contribution in [0.5, 0.6) is 0 Å². The summed E-state index contributed by atoms with van der Waals surface area (Å²) in [6.07, 6.45) is 4.47. The lowest BCUT2D eigenvalue weighted by Gasteiger charge is -2.17. The van der Waals surface area contributed by atoms with Crippen molar-refractivity contribution in [3.63, 3.8) is 0 Å². The number of nitrogens with two attached hydrogens (primary N) is 1. The van der Waals surface area contributed by atoms with Gasteiger partial charge < -0.3 is 11.1 Å². The van der Waals surface area contributed by atoms with Crippen molar-refractivity contribution in [1.82, 2.24) is 4.98 Å². The first-order valence-electron chi connectivity index (χ1n) is 6.15. The summed E-state index contributed by atoms with van der Waals surface area (Å²) >= 11 is 0. The van der Waals surface area contributed by atoms with Gasteiger partial charge in [-0.2, -0.15) is 0 Å². The van der Waals surface area contributed by atoms with Crippen LogP contribution in [0.15, 0.2) is 30.5 Å². The smallest absolute Gasteiger partial charge is 0.0724 e. The minimum atomic E-state index is 0.506. The zero-order chi connectivity index (χ0) is 11.8. The number of nitrogens with one attached hydrogen (secondary N) is 1. The molecule has 88 valence electrons. The van der Waals surface area contributed by atoms with E-state index < -0.39 is 0 Å². The number of nitrogens with zero attached hydrogens (tertiary/aromatic N) is 1. The Morgan fingerprint density at radius 2 is 2.18 bits per heavy atom. The SMILES string of the molecule is CC(Nc1ccc2ncccc2c1N)C1CC1. The van der Waals surface area contributed by atoms with E-state index in [0.29, 0.717) is 6.04 Å². The molecule has 0 saturated heterocycles. The Labute approximate surface area is 101 Å². The minimum Gasteiger partial charge on any atom is -0.397 e. The van der Waals surface area contributed by atoms with Crippen molar-refractivity contribution in [3.05, 3.63) is 30.5 Å². The Morgan fingerprint density at radius 3 is 2.94 bits per heavy atom. The van der Waals surface area contributed by atoms with E-state index in [2.05, 4.69) is 17.2 Å². The first-order chi connectivity index (χ1) is 8.25. The van der Waals surface area contributed by atoms with Gasteiger partial charge in [0.25, 0.3) is 0 Å². The van der Waals surface area contributed by atoms with E-state index in [-0.39, 0.29) is 0 Å². The van der Waals surface area contributed by atoms with E-state index in [1.54, 1.807) is 6.20 Å². The third kappa shape index (κ3) is 1.93. The fourth-order valence-electron chi connectivity index (χ4n) is 2.26. The first-order valence-corrected chi connectivity index (χ1v) is 6.15. The Bertz CT molecular complexity index is 546. The second kappa shape index (κ2) is 3.91. The maximum atomic E-state index is 6.19. The monoisotopic (exact) mass is 227 g/mol. The van der Waals surface area contributed by atoms with Crippen molar-refractivity contribution < 1.29 is 0 Å². The molecular weight excluding hydrogens is 210 g/mol. The number of pyridine rings is 1. The lowest BCUT2D eigenvalue weighted by molar-refractivity contribution is 0.695. The van der Waals surface area contributed by atoms with Crippen molar-refractivity contribution in [2.75, 3.05) is 11.1 Å². The number of benzene rings is 1. The van der Waals surface area contributed by atoms with E-state index in [4.69, 9.17) is 5.73 Å². The predicted molar refractivity (Wildman–Crippen MR) is 72.0 cm³/mol. The summed E-state index contributed by atoms with van der Waals surface area (Å²) < 4.78 is 0. The standard InChI is InChI=1S/C14H17N3/c1-9(10-4-5-10)17-13-7-6-12-11(14(13)15)3-2-8-16-12/h2-3,6-10,17H,4-5,15H2,1H3. The normalized spacial score (nSPS) is 17.0. The molecule has 1 unspecified atom stereocenters. The van der Waals surface area contributed by atoms with Gasteiger partial charge in [-0.25, -0.2) is 0 Å². The van der Waals surface area contributed by atoms with E-state index in [1.807, 2.05) is 24.3 Å². The molecule has 0 radical (unpaired) electrons. The van der Waals surface area contributed by atoms with Gasteiger partial charge in [-0.15, -0.1) is 0 Å². The molecule has 3 heteroatoms. The van der Waals surface area contributed by atoms with Crippen LogP contribution in [0.4, 0.5) is 11.4 Å². The van der Waals surface area contributed by atoms with Crippen LogP contribution in [-0.4, -0.2) is 11.0 Å². The summed E-state index contributed by atoms with van der Waals surface area (Å²) in [6, 6.07) is 8.50. The molecule has 3 N–H and O–H groups in total. The fraction of sp³-hybridized carbons (Fsp3) is 0.357. The van der Waals surface area contributed by atoms with Crippen molar-refractivity contribution in [3.8, 4) is 0 Å². The van der Waals surface area contributed by atoms with Crippen LogP contribution in [0, 0.1) is 5.92 Å². The van der Waals surface area contributed by atoms with E-state index in [9.17, 15) is 0 Å². The molecule has 0 bridgehead atoms. The second-order valence-corrected chi connectivity index (χ2v) is 4.87. The average molecular weight is 227 g/mol. The summed E-state index contributed by atoms with van der Waals surface area (Å²) in [5, 5.41) is 4.54. The fourth-order valence-corrected chi connectivity index (χ4v) is 2.26. The molecule has 2 aromatic rings. The molecule has 0 amide bonds. The van der Waals surface area contributed by atoms with E-state index in [0.717, 1.165) is 28.2 Å². The molecule has 1 fully saturated rings. The summed E-state index contributed by atoms with van der Waals surface area (Å²) in [7, 11) is 0. The van der Waals surface area contributed by atoms with Gasteiger partial charge in [0.1, 0.15) is 0 Å². The highest BCUT2D eigenvalue weighted by Gasteiger charge is 2.28. The van der Waals surface area contributed by atoms with Crippen LogP contribution in [0.25, 0.3) is 10.9 Å². The van der Waals surface area contributed by atoms with Crippen molar-refractivity contribution in [1.29, 1.82) is 0 Å². The van der Waals surface area contributed by atoms with Crippen molar-refractivity contribution in [2.45, 2.75) is 25.8 Å². The summed E-state index contributed by atoms with van der Waals surface area (Å²) in [5.41, 5.74) is 8.98. The topological polar surface area (TPSA) is 50.9 Å². The van der Waals surface area contributed by atoms with Crippen LogP contribution in [0.3, 0.4) is 0 Å². The molecule has 1 aliphatic carbocycles. The largest absolute Gasteiger partial charge is 0.397 e. The van der Waals surface area contributed by atoms with Gasteiger partial charge >= 0.3 is 0 Å². The molecule has 0 aliphatic heterocycles. The Hall–Kier alpha value is -1.77. The molecule has 1 aromatic heterocycles. The summed E-state index contributed by atoms with van der Waals surface area (Å²) in [5.74, 6) is 0.819. The van der Waals surface area contributed by atoms with Crippen LogP contribution in [0.1, 0.15) is 19.8 Å². The van der Waals surface area contributed by atoms with Gasteiger partial charge in [-0.1, -0.05) is 0 Å². The molecule has 3 rings (SSSR count). The molecule has 17 heavy (non-hydrogen) atoms.